The Labute approximate surface area is 142 Å². The van der Waals surface area contributed by atoms with Gasteiger partial charge in [-0.15, -0.1) is 12.4 Å². The van der Waals surface area contributed by atoms with E-state index in [1.807, 2.05) is 0 Å². The summed E-state index contributed by atoms with van der Waals surface area (Å²) in [6.07, 6.45) is 1.60. The summed E-state index contributed by atoms with van der Waals surface area (Å²) in [7, 11) is -1.19. The van der Waals surface area contributed by atoms with Gasteiger partial charge < -0.3 is 15.2 Å². The summed E-state index contributed by atoms with van der Waals surface area (Å²) >= 11 is 0. The molecule has 23 heavy (non-hydrogen) atoms. The van der Waals surface area contributed by atoms with E-state index in [0.29, 0.717) is 19.6 Å². The van der Waals surface area contributed by atoms with Gasteiger partial charge >= 0.3 is 0 Å². The van der Waals surface area contributed by atoms with Crippen molar-refractivity contribution >= 4 is 22.4 Å². The highest BCUT2D eigenvalue weighted by molar-refractivity contribution is 7.89. The van der Waals surface area contributed by atoms with Gasteiger partial charge in [-0.1, -0.05) is 0 Å². The molecule has 0 bridgehead atoms. The summed E-state index contributed by atoms with van der Waals surface area (Å²) in [4.78, 5) is -0.400. The molecule has 132 valence electrons. The van der Waals surface area contributed by atoms with Crippen LogP contribution >= 0.6 is 12.4 Å². The minimum absolute atomic E-state index is 0. The van der Waals surface area contributed by atoms with Crippen LogP contribution in [0, 0.1) is 11.7 Å². The molecule has 1 aliphatic rings. The maximum Gasteiger partial charge on any atom is 0.246 e. The molecule has 0 saturated carbocycles. The molecule has 1 aromatic carbocycles. The normalized spacial score (nSPS) is 19.0. The SMILES string of the molecule is COc1cc(F)c(S(=O)(=O)N2CCCC(CN)C2)cc1OC.Cl. The number of nitrogens with zero attached hydrogens (tertiary/aromatic N) is 1. The van der Waals surface area contributed by atoms with E-state index < -0.39 is 20.7 Å². The van der Waals surface area contributed by atoms with Crippen molar-refractivity contribution in [3.8, 4) is 11.5 Å². The van der Waals surface area contributed by atoms with Crippen molar-refractivity contribution in [3.05, 3.63) is 17.9 Å². The fraction of sp³-hybridized carbons (Fsp3) is 0.571. The van der Waals surface area contributed by atoms with E-state index in [2.05, 4.69) is 0 Å². The molecule has 9 heteroatoms. The van der Waals surface area contributed by atoms with Crippen molar-refractivity contribution in [1.29, 1.82) is 0 Å². The Morgan fingerprint density at radius 2 is 1.91 bits per heavy atom. The number of methoxy groups -OCH3 is 2. The van der Waals surface area contributed by atoms with Crippen LogP contribution in [-0.2, 0) is 10.0 Å². The van der Waals surface area contributed by atoms with E-state index in [1.165, 1.54) is 18.5 Å². The summed E-state index contributed by atoms with van der Waals surface area (Å²) < 4.78 is 50.9. The van der Waals surface area contributed by atoms with E-state index in [-0.39, 0.29) is 29.8 Å². The van der Waals surface area contributed by atoms with Gasteiger partial charge in [0.1, 0.15) is 10.7 Å². The molecule has 1 fully saturated rings. The summed E-state index contributed by atoms with van der Waals surface area (Å²) in [6.45, 7) is 1.10. The standard InChI is InChI=1S/C14H21FN2O4S.ClH/c1-20-12-6-11(15)14(7-13(12)21-2)22(18,19)17-5-3-4-10(8-16)9-17;/h6-7,10H,3-5,8-9,16H2,1-2H3;1H. The maximum absolute atomic E-state index is 14.2. The lowest BCUT2D eigenvalue weighted by molar-refractivity contribution is 0.270. The molecule has 1 heterocycles. The third-order valence-electron chi connectivity index (χ3n) is 3.87. The number of piperidine rings is 1. The van der Waals surface area contributed by atoms with Crippen LogP contribution in [0.4, 0.5) is 4.39 Å². The molecule has 0 aliphatic carbocycles. The first kappa shape index (κ1) is 20.0. The maximum atomic E-state index is 14.2. The van der Waals surface area contributed by atoms with Crippen LogP contribution in [0.5, 0.6) is 11.5 Å². The highest BCUT2D eigenvalue weighted by atomic mass is 35.5. The molecule has 1 unspecified atom stereocenters. The minimum atomic E-state index is -3.93. The molecule has 0 amide bonds. The summed E-state index contributed by atoms with van der Waals surface area (Å²) in [5, 5.41) is 0. The molecule has 1 aromatic rings. The second kappa shape index (κ2) is 8.14. The van der Waals surface area contributed by atoms with Gasteiger partial charge in [0, 0.05) is 25.2 Å². The largest absolute Gasteiger partial charge is 0.493 e. The van der Waals surface area contributed by atoms with Crippen molar-refractivity contribution < 1.29 is 22.3 Å². The Bertz CT molecular complexity index is 642. The zero-order valence-corrected chi connectivity index (χ0v) is 14.8. The molecule has 2 rings (SSSR count). The fourth-order valence-electron chi connectivity index (χ4n) is 2.61. The van der Waals surface area contributed by atoms with Crippen LogP contribution in [0.1, 0.15) is 12.8 Å². The number of halogens is 2. The lowest BCUT2D eigenvalue weighted by Crippen LogP contribution is -2.42. The predicted octanol–water partition coefficient (Wildman–Crippen LogP) is 1.62. The van der Waals surface area contributed by atoms with Crippen molar-refractivity contribution in [2.24, 2.45) is 11.7 Å². The molecule has 0 spiro atoms. The van der Waals surface area contributed by atoms with Gasteiger partial charge in [-0.3, -0.25) is 0 Å². The van der Waals surface area contributed by atoms with Gasteiger partial charge in [-0.2, -0.15) is 4.31 Å². The molecular formula is C14H22ClFN2O4S. The molecule has 6 nitrogen and oxygen atoms in total. The van der Waals surface area contributed by atoms with Gasteiger partial charge in [0.2, 0.25) is 10.0 Å². The zero-order chi connectivity index (χ0) is 16.3. The molecule has 0 radical (unpaired) electrons. The number of benzene rings is 1. The number of hydrogen-bond acceptors (Lipinski definition) is 5. The quantitative estimate of drug-likeness (QED) is 0.854. The van der Waals surface area contributed by atoms with Crippen LogP contribution in [0.25, 0.3) is 0 Å². The molecule has 2 N–H and O–H groups in total. The molecular weight excluding hydrogens is 347 g/mol. The van der Waals surface area contributed by atoms with Gasteiger partial charge in [0.15, 0.2) is 11.5 Å². The van der Waals surface area contributed by atoms with Crippen LogP contribution in [0.3, 0.4) is 0 Å². The highest BCUT2D eigenvalue weighted by Gasteiger charge is 2.32. The topological polar surface area (TPSA) is 81.9 Å². The Balaban J connectivity index is 0.00000264. The summed E-state index contributed by atoms with van der Waals surface area (Å²) in [5.74, 6) is -0.424. The second-order valence-electron chi connectivity index (χ2n) is 5.24. The van der Waals surface area contributed by atoms with Crippen molar-refractivity contribution in [1.82, 2.24) is 4.31 Å². The van der Waals surface area contributed by atoms with Crippen molar-refractivity contribution in [2.45, 2.75) is 17.7 Å². The Morgan fingerprint density at radius 3 is 2.48 bits per heavy atom. The summed E-state index contributed by atoms with van der Waals surface area (Å²) in [5.41, 5.74) is 5.63. The lowest BCUT2D eigenvalue weighted by Gasteiger charge is -2.31. The number of nitrogens with two attached hydrogens (primary N) is 1. The zero-order valence-electron chi connectivity index (χ0n) is 13.1. The fourth-order valence-corrected chi connectivity index (χ4v) is 4.23. The number of ether oxygens (including phenoxy) is 2. The average molecular weight is 369 g/mol. The third-order valence-corrected chi connectivity index (χ3v) is 5.75. The van der Waals surface area contributed by atoms with Crippen LogP contribution < -0.4 is 15.2 Å². The molecule has 0 aromatic heterocycles. The second-order valence-corrected chi connectivity index (χ2v) is 7.15. The van der Waals surface area contributed by atoms with E-state index in [9.17, 15) is 12.8 Å². The molecule has 1 aliphatic heterocycles. The summed E-state index contributed by atoms with van der Waals surface area (Å²) in [6, 6.07) is 2.19. The number of hydrogen-bond donors (Lipinski definition) is 1. The van der Waals surface area contributed by atoms with Crippen molar-refractivity contribution in [3.63, 3.8) is 0 Å². The minimum Gasteiger partial charge on any atom is -0.493 e. The highest BCUT2D eigenvalue weighted by Crippen LogP contribution is 2.34. The first-order valence-electron chi connectivity index (χ1n) is 7.05. The first-order chi connectivity index (χ1) is 10.4. The van der Waals surface area contributed by atoms with Crippen LogP contribution in [-0.4, -0.2) is 46.6 Å². The van der Waals surface area contributed by atoms with E-state index in [4.69, 9.17) is 15.2 Å². The van der Waals surface area contributed by atoms with E-state index in [1.54, 1.807) is 0 Å². The van der Waals surface area contributed by atoms with Gasteiger partial charge in [-0.25, -0.2) is 12.8 Å². The van der Waals surface area contributed by atoms with Crippen molar-refractivity contribution in [2.75, 3.05) is 33.9 Å². The number of rotatable bonds is 5. The first-order valence-corrected chi connectivity index (χ1v) is 8.49. The van der Waals surface area contributed by atoms with Crippen LogP contribution in [0.15, 0.2) is 17.0 Å². The Kier molecular flexibility index (Phi) is 7.06. The monoisotopic (exact) mass is 368 g/mol. The van der Waals surface area contributed by atoms with Gasteiger partial charge in [0.05, 0.1) is 14.2 Å². The smallest absolute Gasteiger partial charge is 0.246 e. The average Bonchev–Trinajstić information content (AvgIpc) is 2.54. The van der Waals surface area contributed by atoms with Gasteiger partial charge in [-0.05, 0) is 25.3 Å². The lowest BCUT2D eigenvalue weighted by atomic mass is 10.0. The van der Waals surface area contributed by atoms with E-state index >= 15 is 0 Å². The number of sulfonamides is 1. The third kappa shape index (κ3) is 4.06. The van der Waals surface area contributed by atoms with E-state index in [0.717, 1.165) is 25.0 Å². The predicted molar refractivity (Wildman–Crippen MR) is 87.3 cm³/mol. The van der Waals surface area contributed by atoms with Gasteiger partial charge in [0.25, 0.3) is 0 Å². The molecule has 1 saturated heterocycles. The Hall–Kier alpha value is -1.09. The van der Waals surface area contributed by atoms with Crippen LogP contribution in [0.2, 0.25) is 0 Å². The molecule has 1 atom stereocenters. The Morgan fingerprint density at radius 1 is 1.30 bits per heavy atom.